The molecule has 1 heterocycles. The molecule has 0 aliphatic rings. The second kappa shape index (κ2) is 9.63. The molecule has 0 atom stereocenters. The maximum atomic E-state index is 13.7. The number of anilines is 1. The average Bonchev–Trinajstić information content (AvgIpc) is 3.34. The van der Waals surface area contributed by atoms with E-state index in [1.54, 1.807) is 24.3 Å². The second-order valence-electron chi connectivity index (χ2n) is 9.28. The fraction of sp³-hybridized carbons (Fsp3) is 0.133. The van der Waals surface area contributed by atoms with Crippen LogP contribution in [0.5, 0.6) is 0 Å². The molecule has 0 radical (unpaired) electrons. The molecule has 0 unspecified atom stereocenters. The van der Waals surface area contributed by atoms with E-state index in [4.69, 9.17) is 4.98 Å². The van der Waals surface area contributed by atoms with E-state index in [1.165, 1.54) is 35.6 Å². The van der Waals surface area contributed by atoms with Crippen molar-refractivity contribution in [1.29, 1.82) is 0 Å². The van der Waals surface area contributed by atoms with E-state index >= 15 is 0 Å². The van der Waals surface area contributed by atoms with Crippen LogP contribution < -0.4 is 5.32 Å². The van der Waals surface area contributed by atoms with Gasteiger partial charge in [-0.05, 0) is 46.2 Å². The molecule has 0 saturated carbocycles. The number of carbonyl (C=O) groups excluding carboxylic acids is 1. The molecule has 36 heavy (non-hydrogen) atoms. The SMILES string of the molecule is CC(C)(C(=O)Nc1nc(-c2cccc3ccccc23)cs1)C(c1ccc(F)cc1)c1ccc(F)cc1. The number of thiazole rings is 1. The molecule has 1 amide bonds. The van der Waals surface area contributed by atoms with Crippen LogP contribution in [0.25, 0.3) is 22.0 Å². The number of aromatic nitrogens is 1. The van der Waals surface area contributed by atoms with Crippen molar-refractivity contribution in [3.8, 4) is 11.3 Å². The van der Waals surface area contributed by atoms with Crippen LogP contribution in [0, 0.1) is 17.0 Å². The summed E-state index contributed by atoms with van der Waals surface area (Å²) in [5.74, 6) is -1.39. The van der Waals surface area contributed by atoms with E-state index in [-0.39, 0.29) is 17.5 Å². The maximum Gasteiger partial charge on any atom is 0.232 e. The van der Waals surface area contributed by atoms with Gasteiger partial charge in [0.25, 0.3) is 0 Å². The Morgan fingerprint density at radius 3 is 2.06 bits per heavy atom. The first-order chi connectivity index (χ1) is 17.3. The van der Waals surface area contributed by atoms with Crippen molar-refractivity contribution in [1.82, 2.24) is 4.98 Å². The fourth-order valence-electron chi connectivity index (χ4n) is 4.63. The summed E-state index contributed by atoms with van der Waals surface area (Å²) in [6, 6.07) is 26.3. The fourth-order valence-corrected chi connectivity index (χ4v) is 5.33. The summed E-state index contributed by atoms with van der Waals surface area (Å²) in [6.45, 7) is 3.66. The van der Waals surface area contributed by atoms with Crippen LogP contribution >= 0.6 is 11.3 Å². The molecular weight excluding hydrogens is 474 g/mol. The first-order valence-corrected chi connectivity index (χ1v) is 12.5. The highest BCUT2D eigenvalue weighted by molar-refractivity contribution is 7.14. The molecule has 0 bridgehead atoms. The van der Waals surface area contributed by atoms with E-state index in [0.717, 1.165) is 33.2 Å². The Labute approximate surface area is 212 Å². The van der Waals surface area contributed by atoms with Crippen LogP contribution in [0.3, 0.4) is 0 Å². The summed E-state index contributed by atoms with van der Waals surface area (Å²) >= 11 is 1.36. The van der Waals surface area contributed by atoms with Crippen molar-refractivity contribution in [2.24, 2.45) is 5.41 Å². The van der Waals surface area contributed by atoms with E-state index in [0.29, 0.717) is 5.13 Å². The minimum Gasteiger partial charge on any atom is -0.301 e. The van der Waals surface area contributed by atoms with Gasteiger partial charge in [-0.15, -0.1) is 11.3 Å². The van der Waals surface area contributed by atoms with Crippen molar-refractivity contribution in [3.63, 3.8) is 0 Å². The minimum atomic E-state index is -0.957. The highest BCUT2D eigenvalue weighted by atomic mass is 32.1. The van der Waals surface area contributed by atoms with Gasteiger partial charge < -0.3 is 5.32 Å². The van der Waals surface area contributed by atoms with Crippen molar-refractivity contribution >= 4 is 33.1 Å². The number of benzene rings is 4. The summed E-state index contributed by atoms with van der Waals surface area (Å²) in [5.41, 5.74) is 2.36. The summed E-state index contributed by atoms with van der Waals surface area (Å²) < 4.78 is 27.3. The summed E-state index contributed by atoms with van der Waals surface area (Å²) in [5, 5.41) is 7.62. The molecule has 180 valence electrons. The number of rotatable bonds is 6. The Bertz CT molecular complexity index is 1470. The zero-order valence-electron chi connectivity index (χ0n) is 19.8. The number of carbonyl (C=O) groups is 1. The topological polar surface area (TPSA) is 42.0 Å². The van der Waals surface area contributed by atoms with Gasteiger partial charge in [-0.2, -0.15) is 0 Å². The number of fused-ring (bicyclic) bond motifs is 1. The van der Waals surface area contributed by atoms with Crippen LogP contribution in [0.15, 0.2) is 96.4 Å². The Morgan fingerprint density at radius 2 is 1.42 bits per heavy atom. The van der Waals surface area contributed by atoms with Gasteiger partial charge in [0.1, 0.15) is 11.6 Å². The number of amides is 1. The first kappa shape index (κ1) is 23.8. The maximum absolute atomic E-state index is 13.7. The predicted octanol–water partition coefficient (Wildman–Crippen LogP) is 8.04. The van der Waals surface area contributed by atoms with Gasteiger partial charge in [-0.25, -0.2) is 13.8 Å². The summed E-state index contributed by atoms with van der Waals surface area (Å²) in [4.78, 5) is 18.3. The lowest BCUT2D eigenvalue weighted by Crippen LogP contribution is -2.37. The molecule has 0 aliphatic heterocycles. The lowest BCUT2D eigenvalue weighted by atomic mass is 9.70. The molecule has 5 rings (SSSR count). The zero-order valence-corrected chi connectivity index (χ0v) is 20.7. The number of hydrogen-bond acceptors (Lipinski definition) is 3. The van der Waals surface area contributed by atoms with Gasteiger partial charge in [0.15, 0.2) is 5.13 Å². The molecule has 1 aromatic heterocycles. The normalized spacial score (nSPS) is 11.7. The predicted molar refractivity (Wildman–Crippen MR) is 142 cm³/mol. The van der Waals surface area contributed by atoms with Gasteiger partial charge in [0, 0.05) is 16.9 Å². The third-order valence-electron chi connectivity index (χ3n) is 6.50. The van der Waals surface area contributed by atoms with Gasteiger partial charge in [0.2, 0.25) is 5.91 Å². The molecular formula is C30H24F2N2OS. The Morgan fingerprint density at radius 1 is 0.833 bits per heavy atom. The van der Waals surface area contributed by atoms with Crippen LogP contribution in [0.4, 0.5) is 13.9 Å². The monoisotopic (exact) mass is 498 g/mol. The molecule has 5 aromatic rings. The van der Waals surface area contributed by atoms with Crippen molar-refractivity contribution in [2.45, 2.75) is 19.8 Å². The lowest BCUT2D eigenvalue weighted by molar-refractivity contribution is -0.124. The van der Waals surface area contributed by atoms with Crippen molar-refractivity contribution < 1.29 is 13.6 Å². The van der Waals surface area contributed by atoms with Crippen LogP contribution in [0.2, 0.25) is 0 Å². The smallest absolute Gasteiger partial charge is 0.232 e. The second-order valence-corrected chi connectivity index (χ2v) is 10.1. The highest BCUT2D eigenvalue weighted by Gasteiger charge is 2.39. The molecule has 0 fully saturated rings. The van der Waals surface area contributed by atoms with E-state index in [1.807, 2.05) is 43.5 Å². The molecule has 6 heteroatoms. The molecule has 0 saturated heterocycles. The largest absolute Gasteiger partial charge is 0.301 e. The number of nitrogens with zero attached hydrogens (tertiary/aromatic N) is 1. The van der Waals surface area contributed by atoms with Crippen LogP contribution in [-0.4, -0.2) is 10.9 Å². The molecule has 0 spiro atoms. The summed E-state index contributed by atoms with van der Waals surface area (Å²) in [7, 11) is 0. The third kappa shape index (κ3) is 4.64. The van der Waals surface area contributed by atoms with Gasteiger partial charge in [-0.3, -0.25) is 4.79 Å². The number of halogens is 2. The van der Waals surface area contributed by atoms with E-state index in [9.17, 15) is 13.6 Å². The Kier molecular flexibility index (Phi) is 6.37. The lowest BCUT2D eigenvalue weighted by Gasteiger charge is -2.33. The molecule has 1 N–H and O–H groups in total. The minimum absolute atomic E-state index is 0.236. The first-order valence-electron chi connectivity index (χ1n) is 11.6. The average molecular weight is 499 g/mol. The standard InChI is InChI=1S/C30H24F2N2OS/c1-30(2,27(20-10-14-22(31)15-11-20)21-12-16-23(32)17-13-21)28(35)34-29-33-26(18-36-29)25-9-5-7-19-6-3-4-8-24(19)25/h3-18,27H,1-2H3,(H,33,34,35). The molecule has 4 aromatic carbocycles. The highest BCUT2D eigenvalue weighted by Crippen LogP contribution is 2.42. The van der Waals surface area contributed by atoms with E-state index in [2.05, 4.69) is 23.5 Å². The van der Waals surface area contributed by atoms with Crippen LogP contribution in [0.1, 0.15) is 30.9 Å². The van der Waals surface area contributed by atoms with Gasteiger partial charge in [-0.1, -0.05) is 80.6 Å². The van der Waals surface area contributed by atoms with Crippen molar-refractivity contribution in [2.75, 3.05) is 5.32 Å². The number of hydrogen-bond donors (Lipinski definition) is 1. The van der Waals surface area contributed by atoms with E-state index < -0.39 is 11.3 Å². The zero-order chi connectivity index (χ0) is 25.3. The Balaban J connectivity index is 1.46. The van der Waals surface area contributed by atoms with Crippen LogP contribution in [-0.2, 0) is 4.79 Å². The quantitative estimate of drug-likeness (QED) is 0.257. The Hall–Kier alpha value is -3.90. The molecule has 0 aliphatic carbocycles. The van der Waals surface area contributed by atoms with Gasteiger partial charge >= 0.3 is 0 Å². The number of nitrogens with one attached hydrogen (secondary N) is 1. The van der Waals surface area contributed by atoms with Gasteiger partial charge in [0.05, 0.1) is 11.1 Å². The molecule has 3 nitrogen and oxygen atoms in total. The third-order valence-corrected chi connectivity index (χ3v) is 7.26. The van der Waals surface area contributed by atoms with Crippen molar-refractivity contribution in [3.05, 3.63) is 119 Å². The summed E-state index contributed by atoms with van der Waals surface area (Å²) in [6.07, 6.45) is 0.